The standard InChI is InChI=1S/C12H14N2O3/c13-11-9(4-1-5-10(11)16)12(17)14-6-2-3-8(14)7-15/h1,4-5,7-8,16H,2-3,6,13H2/t8-/m0/s1. The van der Waals surface area contributed by atoms with Gasteiger partial charge in [0.05, 0.1) is 17.3 Å². The molecule has 1 aliphatic rings. The largest absolute Gasteiger partial charge is 0.506 e. The molecule has 1 aromatic carbocycles. The topological polar surface area (TPSA) is 83.6 Å². The van der Waals surface area contributed by atoms with Gasteiger partial charge in [-0.25, -0.2) is 0 Å². The van der Waals surface area contributed by atoms with E-state index < -0.39 is 0 Å². The molecular weight excluding hydrogens is 220 g/mol. The van der Waals surface area contributed by atoms with Crippen molar-refractivity contribution in [2.24, 2.45) is 0 Å². The van der Waals surface area contributed by atoms with Gasteiger partial charge < -0.3 is 20.5 Å². The average Bonchev–Trinajstić information content (AvgIpc) is 2.80. The Kier molecular flexibility index (Phi) is 2.99. The maximum Gasteiger partial charge on any atom is 0.256 e. The van der Waals surface area contributed by atoms with E-state index in [2.05, 4.69) is 0 Å². The van der Waals surface area contributed by atoms with Crippen LogP contribution in [0.15, 0.2) is 18.2 Å². The summed E-state index contributed by atoms with van der Waals surface area (Å²) in [5, 5.41) is 9.45. The van der Waals surface area contributed by atoms with Gasteiger partial charge in [-0.1, -0.05) is 6.07 Å². The number of likely N-dealkylation sites (tertiary alicyclic amines) is 1. The van der Waals surface area contributed by atoms with Gasteiger partial charge in [0.2, 0.25) is 0 Å². The first-order valence-corrected chi connectivity index (χ1v) is 5.49. The smallest absolute Gasteiger partial charge is 0.256 e. The zero-order valence-electron chi connectivity index (χ0n) is 9.30. The van der Waals surface area contributed by atoms with Crippen LogP contribution in [-0.4, -0.2) is 34.8 Å². The van der Waals surface area contributed by atoms with E-state index in [4.69, 9.17) is 5.73 Å². The van der Waals surface area contributed by atoms with Crippen molar-refractivity contribution in [2.45, 2.75) is 18.9 Å². The highest BCUT2D eigenvalue weighted by molar-refractivity contribution is 6.01. The number of para-hydroxylation sites is 1. The van der Waals surface area contributed by atoms with Gasteiger partial charge in [-0.2, -0.15) is 0 Å². The lowest BCUT2D eigenvalue weighted by atomic mass is 10.1. The zero-order valence-corrected chi connectivity index (χ0v) is 9.30. The monoisotopic (exact) mass is 234 g/mol. The number of hydrogen-bond acceptors (Lipinski definition) is 4. The van der Waals surface area contributed by atoms with Crippen molar-refractivity contribution in [1.82, 2.24) is 4.90 Å². The SMILES string of the molecule is Nc1c(O)cccc1C(=O)N1CCC[C@H]1C=O. The lowest BCUT2D eigenvalue weighted by molar-refractivity contribution is -0.111. The van der Waals surface area contributed by atoms with Crippen LogP contribution in [0.2, 0.25) is 0 Å². The van der Waals surface area contributed by atoms with Crippen LogP contribution >= 0.6 is 0 Å². The summed E-state index contributed by atoms with van der Waals surface area (Å²) < 4.78 is 0. The third-order valence-corrected chi connectivity index (χ3v) is 3.03. The first-order chi connectivity index (χ1) is 8.15. The fraction of sp³-hybridized carbons (Fsp3) is 0.333. The third kappa shape index (κ3) is 1.95. The lowest BCUT2D eigenvalue weighted by Gasteiger charge is -2.21. The van der Waals surface area contributed by atoms with E-state index in [9.17, 15) is 14.7 Å². The molecule has 5 nitrogen and oxygen atoms in total. The molecule has 90 valence electrons. The molecular formula is C12H14N2O3. The number of carbonyl (C=O) groups excluding carboxylic acids is 2. The molecule has 2 rings (SSSR count). The van der Waals surface area contributed by atoms with Gasteiger partial charge in [-0.15, -0.1) is 0 Å². The Morgan fingerprint density at radius 1 is 1.53 bits per heavy atom. The second kappa shape index (κ2) is 4.45. The maximum atomic E-state index is 12.2. The van der Waals surface area contributed by atoms with Crippen LogP contribution in [-0.2, 0) is 4.79 Å². The molecule has 0 aromatic heterocycles. The van der Waals surface area contributed by atoms with E-state index in [1.54, 1.807) is 12.1 Å². The Balaban J connectivity index is 2.31. The van der Waals surface area contributed by atoms with Crippen molar-refractivity contribution in [3.63, 3.8) is 0 Å². The minimum Gasteiger partial charge on any atom is -0.506 e. The Bertz CT molecular complexity index is 459. The second-order valence-electron chi connectivity index (χ2n) is 4.08. The second-order valence-corrected chi connectivity index (χ2v) is 4.08. The van der Waals surface area contributed by atoms with Gasteiger partial charge in [0.15, 0.2) is 0 Å². The van der Waals surface area contributed by atoms with Gasteiger partial charge in [0.25, 0.3) is 5.91 Å². The predicted octanol–water partition coefficient (Wildman–Crippen LogP) is 0.778. The van der Waals surface area contributed by atoms with E-state index in [1.807, 2.05) is 0 Å². The molecule has 0 unspecified atom stereocenters. The summed E-state index contributed by atoms with van der Waals surface area (Å²) >= 11 is 0. The number of benzene rings is 1. The van der Waals surface area contributed by atoms with E-state index in [-0.39, 0.29) is 28.9 Å². The minimum atomic E-state index is -0.371. The molecule has 0 aliphatic carbocycles. The van der Waals surface area contributed by atoms with Gasteiger partial charge in [0, 0.05) is 6.54 Å². The molecule has 0 saturated carbocycles. The fourth-order valence-electron chi connectivity index (χ4n) is 2.08. The Hall–Kier alpha value is -2.04. The third-order valence-electron chi connectivity index (χ3n) is 3.03. The fourth-order valence-corrected chi connectivity index (χ4v) is 2.08. The Labute approximate surface area is 98.8 Å². The molecule has 0 spiro atoms. The number of aromatic hydroxyl groups is 1. The normalized spacial score (nSPS) is 19.3. The van der Waals surface area contributed by atoms with Crippen LogP contribution in [0.1, 0.15) is 23.2 Å². The van der Waals surface area contributed by atoms with Crippen molar-refractivity contribution in [1.29, 1.82) is 0 Å². The van der Waals surface area contributed by atoms with Crippen LogP contribution in [0.4, 0.5) is 5.69 Å². The van der Waals surface area contributed by atoms with Crippen LogP contribution in [0.25, 0.3) is 0 Å². The summed E-state index contributed by atoms with van der Waals surface area (Å²) in [6.07, 6.45) is 2.28. The van der Waals surface area contributed by atoms with Crippen molar-refractivity contribution in [3.8, 4) is 5.75 Å². The summed E-state index contributed by atoms with van der Waals surface area (Å²) in [5.41, 5.74) is 5.96. The number of anilines is 1. The van der Waals surface area contributed by atoms with Crippen molar-refractivity contribution >= 4 is 17.9 Å². The molecule has 1 heterocycles. The number of nitrogens with two attached hydrogens (primary N) is 1. The van der Waals surface area contributed by atoms with E-state index >= 15 is 0 Å². The summed E-state index contributed by atoms with van der Waals surface area (Å²) in [6, 6.07) is 4.17. The Morgan fingerprint density at radius 3 is 3.00 bits per heavy atom. The molecule has 0 radical (unpaired) electrons. The highest BCUT2D eigenvalue weighted by atomic mass is 16.3. The predicted molar refractivity (Wildman–Crippen MR) is 62.6 cm³/mol. The quantitative estimate of drug-likeness (QED) is 0.450. The number of aldehydes is 1. The van der Waals surface area contributed by atoms with E-state index in [0.717, 1.165) is 12.7 Å². The molecule has 5 heteroatoms. The van der Waals surface area contributed by atoms with E-state index in [0.29, 0.717) is 13.0 Å². The molecule has 1 aliphatic heterocycles. The molecule has 0 bridgehead atoms. The lowest BCUT2D eigenvalue weighted by Crippen LogP contribution is -2.36. The van der Waals surface area contributed by atoms with E-state index in [1.165, 1.54) is 11.0 Å². The molecule has 1 atom stereocenters. The first-order valence-electron chi connectivity index (χ1n) is 5.49. The molecule has 17 heavy (non-hydrogen) atoms. The summed E-state index contributed by atoms with van der Waals surface area (Å²) in [4.78, 5) is 24.5. The van der Waals surface area contributed by atoms with Gasteiger partial charge >= 0.3 is 0 Å². The summed E-state index contributed by atoms with van der Waals surface area (Å²) in [6.45, 7) is 0.553. The van der Waals surface area contributed by atoms with Crippen LogP contribution < -0.4 is 5.73 Å². The molecule has 1 fully saturated rings. The van der Waals surface area contributed by atoms with Gasteiger partial charge in [0.1, 0.15) is 12.0 Å². The maximum absolute atomic E-state index is 12.2. The highest BCUT2D eigenvalue weighted by Crippen LogP contribution is 2.27. The van der Waals surface area contributed by atoms with Crippen LogP contribution in [0, 0.1) is 0 Å². The highest BCUT2D eigenvalue weighted by Gasteiger charge is 2.30. The summed E-state index contributed by atoms with van der Waals surface area (Å²) in [7, 11) is 0. The first kappa shape index (κ1) is 11.4. The average molecular weight is 234 g/mol. The molecule has 3 N–H and O–H groups in total. The van der Waals surface area contributed by atoms with Crippen LogP contribution in [0.5, 0.6) is 5.75 Å². The van der Waals surface area contributed by atoms with Crippen molar-refractivity contribution in [3.05, 3.63) is 23.8 Å². The molecule has 1 saturated heterocycles. The Morgan fingerprint density at radius 2 is 2.29 bits per heavy atom. The van der Waals surface area contributed by atoms with Crippen molar-refractivity contribution < 1.29 is 14.7 Å². The van der Waals surface area contributed by atoms with Crippen molar-refractivity contribution in [2.75, 3.05) is 12.3 Å². The van der Waals surface area contributed by atoms with Gasteiger partial charge in [-0.05, 0) is 25.0 Å². The summed E-state index contributed by atoms with van der Waals surface area (Å²) in [5.74, 6) is -0.411. The number of phenols is 1. The minimum absolute atomic E-state index is 0.0639. The van der Waals surface area contributed by atoms with Crippen LogP contribution in [0.3, 0.4) is 0 Å². The number of nitrogens with zero attached hydrogens (tertiary/aromatic N) is 1. The van der Waals surface area contributed by atoms with Gasteiger partial charge in [-0.3, -0.25) is 4.79 Å². The molecule has 1 aromatic rings. The number of phenolic OH excluding ortho intramolecular Hbond substituents is 1. The molecule has 1 amide bonds. The number of nitrogen functional groups attached to an aromatic ring is 1. The number of amides is 1. The number of carbonyl (C=O) groups is 2. The number of rotatable bonds is 2. The number of hydrogen-bond donors (Lipinski definition) is 2. The zero-order chi connectivity index (χ0) is 12.4.